The van der Waals surface area contributed by atoms with E-state index in [0.29, 0.717) is 12.1 Å². The topological polar surface area (TPSA) is 24.5 Å². The van der Waals surface area contributed by atoms with Gasteiger partial charge >= 0.3 is 0 Å². The zero-order chi connectivity index (χ0) is 14.5. The molecule has 2 atom stereocenters. The lowest BCUT2D eigenvalue weighted by Gasteiger charge is -2.31. The van der Waals surface area contributed by atoms with Gasteiger partial charge in [0.2, 0.25) is 0 Å². The van der Waals surface area contributed by atoms with Gasteiger partial charge in [0, 0.05) is 32.4 Å². The fourth-order valence-corrected chi connectivity index (χ4v) is 3.08. The lowest BCUT2D eigenvalue weighted by molar-refractivity contribution is 0.00598. The largest absolute Gasteiger partial charge is 0.382 e. The maximum absolute atomic E-state index is 6.31. The summed E-state index contributed by atoms with van der Waals surface area (Å²) in [7, 11) is 4.00. The van der Waals surface area contributed by atoms with Gasteiger partial charge in [0.25, 0.3) is 0 Å². The predicted octanol–water partition coefficient (Wildman–Crippen LogP) is 4.17. The van der Waals surface area contributed by atoms with Crippen LogP contribution in [0.5, 0.6) is 0 Å². The monoisotopic (exact) mass is 296 g/mol. The van der Waals surface area contributed by atoms with E-state index < -0.39 is 0 Å². The van der Waals surface area contributed by atoms with Crippen molar-refractivity contribution in [2.24, 2.45) is 0 Å². The van der Waals surface area contributed by atoms with Crippen molar-refractivity contribution in [1.29, 1.82) is 0 Å². The van der Waals surface area contributed by atoms with Crippen molar-refractivity contribution in [2.45, 2.75) is 44.8 Å². The van der Waals surface area contributed by atoms with Crippen LogP contribution in [-0.2, 0) is 4.74 Å². The smallest absolute Gasteiger partial charge is 0.0659 e. The molecule has 0 bridgehead atoms. The summed E-state index contributed by atoms with van der Waals surface area (Å²) < 4.78 is 5.79. The molecule has 20 heavy (non-hydrogen) atoms. The fourth-order valence-electron chi connectivity index (χ4n) is 2.73. The molecule has 1 N–H and O–H groups in total. The summed E-state index contributed by atoms with van der Waals surface area (Å²) in [6.07, 6.45) is 4.88. The molecule has 4 heteroatoms. The Morgan fingerprint density at radius 1 is 1.40 bits per heavy atom. The molecule has 3 nitrogen and oxygen atoms in total. The highest BCUT2D eigenvalue weighted by atomic mass is 35.5. The van der Waals surface area contributed by atoms with Crippen LogP contribution < -0.4 is 10.2 Å². The molecule has 0 saturated carbocycles. The van der Waals surface area contributed by atoms with Gasteiger partial charge in [0.15, 0.2) is 0 Å². The van der Waals surface area contributed by atoms with Gasteiger partial charge in [0.1, 0.15) is 0 Å². The predicted molar refractivity (Wildman–Crippen MR) is 87.1 cm³/mol. The van der Waals surface area contributed by atoms with E-state index in [9.17, 15) is 0 Å². The number of hydrogen-bond acceptors (Lipinski definition) is 3. The summed E-state index contributed by atoms with van der Waals surface area (Å²) in [6.45, 7) is 3.06. The number of halogens is 1. The van der Waals surface area contributed by atoms with Crippen molar-refractivity contribution >= 4 is 23.0 Å². The number of nitrogens with zero attached hydrogens (tertiary/aromatic N) is 1. The number of rotatable bonds is 5. The first kappa shape index (κ1) is 15.5. The Kier molecular flexibility index (Phi) is 5.55. The molecular weight excluding hydrogens is 272 g/mol. The third-order valence-electron chi connectivity index (χ3n) is 3.78. The summed E-state index contributed by atoms with van der Waals surface area (Å²) in [5.41, 5.74) is 2.15. The van der Waals surface area contributed by atoms with E-state index >= 15 is 0 Å². The zero-order valence-corrected chi connectivity index (χ0v) is 13.4. The van der Waals surface area contributed by atoms with Crippen LogP contribution >= 0.6 is 11.6 Å². The van der Waals surface area contributed by atoms with E-state index in [1.807, 2.05) is 25.1 Å². The quantitative estimate of drug-likeness (QED) is 0.883. The first-order valence-corrected chi connectivity index (χ1v) is 7.83. The van der Waals surface area contributed by atoms with Gasteiger partial charge in [-0.1, -0.05) is 24.9 Å². The Balaban J connectivity index is 1.97. The van der Waals surface area contributed by atoms with Crippen LogP contribution in [0.4, 0.5) is 11.4 Å². The number of hydrogen-bond donors (Lipinski definition) is 1. The number of ether oxygens (including phenoxy) is 1. The SMILES string of the molecule is CCCC1CC(Nc2ccc(N(C)C)c(Cl)c2)CCO1. The Hall–Kier alpha value is -0.930. The molecule has 1 aliphatic heterocycles. The Labute approximate surface area is 127 Å². The molecule has 0 spiro atoms. The van der Waals surface area contributed by atoms with Crippen LogP contribution in [0.25, 0.3) is 0 Å². The molecule has 1 aliphatic rings. The maximum atomic E-state index is 6.31. The number of anilines is 2. The van der Waals surface area contributed by atoms with Crippen molar-refractivity contribution < 1.29 is 4.74 Å². The first-order chi connectivity index (χ1) is 9.60. The van der Waals surface area contributed by atoms with Crippen molar-refractivity contribution in [3.8, 4) is 0 Å². The van der Waals surface area contributed by atoms with Gasteiger partial charge in [0.05, 0.1) is 16.8 Å². The highest BCUT2D eigenvalue weighted by molar-refractivity contribution is 6.33. The van der Waals surface area contributed by atoms with E-state index in [4.69, 9.17) is 16.3 Å². The Morgan fingerprint density at radius 2 is 2.20 bits per heavy atom. The second kappa shape index (κ2) is 7.19. The highest BCUT2D eigenvalue weighted by Gasteiger charge is 2.21. The summed E-state index contributed by atoms with van der Waals surface area (Å²) in [6, 6.07) is 6.67. The molecule has 0 aliphatic carbocycles. The van der Waals surface area contributed by atoms with E-state index in [1.165, 1.54) is 6.42 Å². The molecule has 112 valence electrons. The second-order valence-electron chi connectivity index (χ2n) is 5.71. The summed E-state index contributed by atoms with van der Waals surface area (Å²) in [5.74, 6) is 0. The summed E-state index contributed by atoms with van der Waals surface area (Å²) in [5, 5.41) is 4.38. The average molecular weight is 297 g/mol. The lowest BCUT2D eigenvalue weighted by Crippen LogP contribution is -2.34. The standard InChI is InChI=1S/C16H25ClN2O/c1-4-5-14-10-13(8-9-20-14)18-12-6-7-16(19(2)3)15(17)11-12/h6-7,11,13-14,18H,4-5,8-10H2,1-3H3. The minimum Gasteiger partial charge on any atom is -0.382 e. The molecule has 0 aromatic heterocycles. The third-order valence-corrected chi connectivity index (χ3v) is 4.08. The minimum absolute atomic E-state index is 0.405. The van der Waals surface area contributed by atoms with Crippen LogP contribution in [0.3, 0.4) is 0 Å². The number of benzene rings is 1. The average Bonchev–Trinajstić information content (AvgIpc) is 2.39. The molecular formula is C16H25ClN2O. The molecule has 0 amide bonds. The summed E-state index contributed by atoms with van der Waals surface area (Å²) in [4.78, 5) is 2.03. The van der Waals surface area contributed by atoms with E-state index in [1.54, 1.807) is 0 Å². The zero-order valence-electron chi connectivity index (χ0n) is 12.7. The van der Waals surface area contributed by atoms with Crippen molar-refractivity contribution in [3.63, 3.8) is 0 Å². The fraction of sp³-hybridized carbons (Fsp3) is 0.625. The molecule has 2 rings (SSSR count). The van der Waals surface area contributed by atoms with Gasteiger partial charge in [-0.3, -0.25) is 0 Å². The van der Waals surface area contributed by atoms with Crippen molar-refractivity contribution in [3.05, 3.63) is 23.2 Å². The molecule has 1 saturated heterocycles. The third kappa shape index (κ3) is 4.03. The van der Waals surface area contributed by atoms with Crippen LogP contribution in [0, 0.1) is 0 Å². The Morgan fingerprint density at radius 3 is 2.85 bits per heavy atom. The molecule has 1 heterocycles. The highest BCUT2D eigenvalue weighted by Crippen LogP contribution is 2.29. The summed E-state index contributed by atoms with van der Waals surface area (Å²) >= 11 is 6.31. The number of nitrogens with one attached hydrogen (secondary N) is 1. The van der Waals surface area contributed by atoms with Gasteiger partial charge in [-0.2, -0.15) is 0 Å². The van der Waals surface area contributed by atoms with E-state index in [-0.39, 0.29) is 0 Å². The van der Waals surface area contributed by atoms with Crippen LogP contribution in [0.1, 0.15) is 32.6 Å². The van der Waals surface area contributed by atoms with Crippen molar-refractivity contribution in [2.75, 3.05) is 30.9 Å². The normalized spacial score (nSPS) is 22.6. The minimum atomic E-state index is 0.405. The molecule has 2 unspecified atom stereocenters. The van der Waals surface area contributed by atoms with Crippen LogP contribution in [-0.4, -0.2) is 32.8 Å². The molecule has 1 aromatic rings. The van der Waals surface area contributed by atoms with Gasteiger partial charge in [-0.15, -0.1) is 0 Å². The molecule has 1 fully saturated rings. The van der Waals surface area contributed by atoms with Crippen molar-refractivity contribution in [1.82, 2.24) is 0 Å². The molecule has 0 radical (unpaired) electrons. The lowest BCUT2D eigenvalue weighted by atomic mass is 10.00. The van der Waals surface area contributed by atoms with Gasteiger partial charge in [-0.25, -0.2) is 0 Å². The molecule has 1 aromatic carbocycles. The van der Waals surface area contributed by atoms with E-state index in [0.717, 1.165) is 42.3 Å². The van der Waals surface area contributed by atoms with Gasteiger partial charge < -0.3 is 15.0 Å². The van der Waals surface area contributed by atoms with E-state index in [2.05, 4.69) is 24.4 Å². The maximum Gasteiger partial charge on any atom is 0.0659 e. The van der Waals surface area contributed by atoms with Crippen LogP contribution in [0.2, 0.25) is 5.02 Å². The Bertz CT molecular complexity index is 434. The first-order valence-electron chi connectivity index (χ1n) is 7.45. The second-order valence-corrected chi connectivity index (χ2v) is 6.11. The van der Waals surface area contributed by atoms with Gasteiger partial charge in [-0.05, 0) is 37.5 Å². The van der Waals surface area contributed by atoms with Crippen LogP contribution in [0.15, 0.2) is 18.2 Å².